The van der Waals surface area contributed by atoms with Crippen molar-refractivity contribution in [1.29, 1.82) is 0 Å². The predicted molar refractivity (Wildman–Crippen MR) is 80.5 cm³/mol. The lowest BCUT2D eigenvalue weighted by atomic mass is 9.89. The molecular weight excluding hydrogens is 234 g/mol. The molecule has 0 aromatic heterocycles. The van der Waals surface area contributed by atoms with E-state index in [1.54, 1.807) is 0 Å². The molecule has 1 N–H and O–H groups in total. The van der Waals surface area contributed by atoms with Crippen LogP contribution >= 0.6 is 0 Å². The van der Waals surface area contributed by atoms with E-state index in [1.807, 2.05) is 0 Å². The van der Waals surface area contributed by atoms with E-state index in [4.69, 9.17) is 4.74 Å². The highest BCUT2D eigenvalue weighted by molar-refractivity contribution is 5.22. The van der Waals surface area contributed by atoms with E-state index in [9.17, 15) is 0 Å². The van der Waals surface area contributed by atoms with E-state index >= 15 is 0 Å². The highest BCUT2D eigenvalue weighted by atomic mass is 16.5. The lowest BCUT2D eigenvalue weighted by Crippen LogP contribution is -2.42. The number of benzene rings is 1. The summed E-state index contributed by atoms with van der Waals surface area (Å²) in [6, 6.07) is 9.51. The van der Waals surface area contributed by atoms with Crippen LogP contribution in [0.4, 0.5) is 0 Å². The summed E-state index contributed by atoms with van der Waals surface area (Å²) < 4.78 is 5.66. The van der Waals surface area contributed by atoms with Gasteiger partial charge in [0.2, 0.25) is 0 Å². The monoisotopic (exact) mass is 261 g/mol. The van der Waals surface area contributed by atoms with Gasteiger partial charge in [0.15, 0.2) is 0 Å². The zero-order chi connectivity index (χ0) is 13.5. The molecular formula is C17H27NO. The highest BCUT2D eigenvalue weighted by Gasteiger charge is 2.23. The SMILES string of the molecule is CCCNC(Cc1ccc(C)cc1)C1CCCOC1. The third kappa shape index (κ3) is 4.63. The summed E-state index contributed by atoms with van der Waals surface area (Å²) in [6.45, 7) is 7.35. The van der Waals surface area contributed by atoms with Crippen molar-refractivity contribution in [3.05, 3.63) is 35.4 Å². The van der Waals surface area contributed by atoms with Gasteiger partial charge in [0.05, 0.1) is 6.61 Å². The molecule has 1 saturated heterocycles. The first-order valence-electron chi connectivity index (χ1n) is 7.66. The summed E-state index contributed by atoms with van der Waals surface area (Å²) in [5, 5.41) is 3.72. The molecule has 2 heteroatoms. The van der Waals surface area contributed by atoms with Gasteiger partial charge in [-0.3, -0.25) is 0 Å². The first-order chi connectivity index (χ1) is 9.29. The van der Waals surface area contributed by atoms with Crippen LogP contribution in [-0.2, 0) is 11.2 Å². The van der Waals surface area contributed by atoms with Crippen molar-refractivity contribution in [3.63, 3.8) is 0 Å². The van der Waals surface area contributed by atoms with Crippen LogP contribution in [0, 0.1) is 12.8 Å². The molecule has 1 aliphatic heterocycles. The molecule has 2 atom stereocenters. The van der Waals surface area contributed by atoms with Crippen LogP contribution in [-0.4, -0.2) is 25.8 Å². The van der Waals surface area contributed by atoms with Crippen molar-refractivity contribution < 1.29 is 4.74 Å². The normalized spacial score (nSPS) is 21.3. The maximum Gasteiger partial charge on any atom is 0.0509 e. The number of nitrogens with one attached hydrogen (secondary N) is 1. The second-order valence-electron chi connectivity index (χ2n) is 5.73. The fourth-order valence-electron chi connectivity index (χ4n) is 2.80. The van der Waals surface area contributed by atoms with Gasteiger partial charge in [-0.25, -0.2) is 0 Å². The van der Waals surface area contributed by atoms with Crippen LogP contribution in [0.15, 0.2) is 24.3 Å². The van der Waals surface area contributed by atoms with E-state index in [0.717, 1.165) is 26.2 Å². The summed E-state index contributed by atoms with van der Waals surface area (Å²) in [6.07, 6.45) is 4.82. The van der Waals surface area contributed by atoms with Crippen molar-refractivity contribution in [3.8, 4) is 0 Å². The van der Waals surface area contributed by atoms with Crippen LogP contribution in [0.3, 0.4) is 0 Å². The number of hydrogen-bond donors (Lipinski definition) is 1. The quantitative estimate of drug-likeness (QED) is 0.848. The highest BCUT2D eigenvalue weighted by Crippen LogP contribution is 2.20. The molecule has 106 valence electrons. The van der Waals surface area contributed by atoms with Crippen LogP contribution in [0.1, 0.15) is 37.3 Å². The van der Waals surface area contributed by atoms with Gasteiger partial charge in [-0.1, -0.05) is 36.8 Å². The van der Waals surface area contributed by atoms with E-state index in [0.29, 0.717) is 12.0 Å². The Labute approximate surface area is 117 Å². The third-order valence-corrected chi connectivity index (χ3v) is 4.00. The Morgan fingerprint density at radius 2 is 2.11 bits per heavy atom. The summed E-state index contributed by atoms with van der Waals surface area (Å²) in [5.41, 5.74) is 2.77. The van der Waals surface area contributed by atoms with E-state index in [1.165, 1.54) is 30.4 Å². The van der Waals surface area contributed by atoms with Gasteiger partial charge in [-0.05, 0) is 50.6 Å². The summed E-state index contributed by atoms with van der Waals surface area (Å²) in [4.78, 5) is 0. The van der Waals surface area contributed by atoms with Gasteiger partial charge < -0.3 is 10.1 Å². The maximum absolute atomic E-state index is 5.66. The molecule has 1 heterocycles. The average Bonchev–Trinajstić information content (AvgIpc) is 2.46. The van der Waals surface area contributed by atoms with Gasteiger partial charge in [-0.2, -0.15) is 0 Å². The van der Waals surface area contributed by atoms with Crippen LogP contribution in [0.2, 0.25) is 0 Å². The lowest BCUT2D eigenvalue weighted by molar-refractivity contribution is 0.0393. The average molecular weight is 261 g/mol. The third-order valence-electron chi connectivity index (χ3n) is 4.00. The first kappa shape index (κ1) is 14.5. The van der Waals surface area contributed by atoms with Crippen molar-refractivity contribution >= 4 is 0 Å². The summed E-state index contributed by atoms with van der Waals surface area (Å²) in [7, 11) is 0. The van der Waals surface area contributed by atoms with E-state index in [-0.39, 0.29) is 0 Å². The Balaban J connectivity index is 1.97. The van der Waals surface area contributed by atoms with Gasteiger partial charge >= 0.3 is 0 Å². The smallest absolute Gasteiger partial charge is 0.0509 e. The molecule has 1 aliphatic rings. The summed E-state index contributed by atoms with van der Waals surface area (Å²) in [5.74, 6) is 0.668. The van der Waals surface area contributed by atoms with Crippen LogP contribution in [0.25, 0.3) is 0 Å². The second kappa shape index (κ2) is 7.66. The maximum atomic E-state index is 5.66. The largest absolute Gasteiger partial charge is 0.381 e. The van der Waals surface area contributed by atoms with Gasteiger partial charge in [0.25, 0.3) is 0 Å². The zero-order valence-corrected chi connectivity index (χ0v) is 12.3. The fourth-order valence-corrected chi connectivity index (χ4v) is 2.80. The van der Waals surface area contributed by atoms with Crippen LogP contribution < -0.4 is 5.32 Å². The minimum absolute atomic E-state index is 0.558. The molecule has 0 bridgehead atoms. The van der Waals surface area contributed by atoms with Crippen molar-refractivity contribution in [2.24, 2.45) is 5.92 Å². The minimum Gasteiger partial charge on any atom is -0.381 e. The standard InChI is InChI=1S/C17H27NO/c1-3-10-18-17(16-5-4-11-19-13-16)12-15-8-6-14(2)7-9-15/h6-9,16-18H,3-5,10-13H2,1-2H3. The number of hydrogen-bond acceptors (Lipinski definition) is 2. The molecule has 2 rings (SSSR count). The molecule has 0 amide bonds. The molecule has 19 heavy (non-hydrogen) atoms. The van der Waals surface area contributed by atoms with E-state index < -0.39 is 0 Å². The predicted octanol–water partition coefficient (Wildman–Crippen LogP) is 3.33. The molecule has 1 fully saturated rings. The zero-order valence-electron chi connectivity index (χ0n) is 12.3. The Morgan fingerprint density at radius 1 is 1.32 bits per heavy atom. The van der Waals surface area contributed by atoms with Gasteiger partial charge in [-0.15, -0.1) is 0 Å². The molecule has 2 unspecified atom stereocenters. The van der Waals surface area contributed by atoms with Gasteiger partial charge in [0.1, 0.15) is 0 Å². The Hall–Kier alpha value is -0.860. The molecule has 0 radical (unpaired) electrons. The number of ether oxygens (including phenoxy) is 1. The summed E-state index contributed by atoms with van der Waals surface area (Å²) >= 11 is 0. The molecule has 0 aliphatic carbocycles. The van der Waals surface area contributed by atoms with Crippen molar-refractivity contribution in [2.75, 3.05) is 19.8 Å². The first-order valence-corrected chi connectivity index (χ1v) is 7.66. The molecule has 0 saturated carbocycles. The molecule has 2 nitrogen and oxygen atoms in total. The molecule has 0 spiro atoms. The Kier molecular flexibility index (Phi) is 5.87. The van der Waals surface area contributed by atoms with E-state index in [2.05, 4.69) is 43.4 Å². The van der Waals surface area contributed by atoms with Gasteiger partial charge in [0, 0.05) is 12.6 Å². The molecule has 1 aromatic rings. The second-order valence-corrected chi connectivity index (χ2v) is 5.73. The lowest BCUT2D eigenvalue weighted by Gasteiger charge is -2.31. The Bertz CT molecular complexity index is 354. The topological polar surface area (TPSA) is 21.3 Å². The number of aryl methyl sites for hydroxylation is 1. The Morgan fingerprint density at radius 3 is 2.74 bits per heavy atom. The minimum atomic E-state index is 0.558. The van der Waals surface area contributed by atoms with Crippen molar-refractivity contribution in [2.45, 2.75) is 45.6 Å². The number of rotatable bonds is 6. The van der Waals surface area contributed by atoms with Crippen LogP contribution in [0.5, 0.6) is 0 Å². The molecule has 1 aromatic carbocycles. The fraction of sp³-hybridized carbons (Fsp3) is 0.647. The van der Waals surface area contributed by atoms with Crippen molar-refractivity contribution in [1.82, 2.24) is 5.32 Å².